The van der Waals surface area contributed by atoms with Gasteiger partial charge in [0.05, 0.1) is 18.3 Å². The average Bonchev–Trinajstić information content (AvgIpc) is 3.34. The summed E-state index contributed by atoms with van der Waals surface area (Å²) in [5.74, 6) is -2.51. The molecule has 1 heterocycles. The summed E-state index contributed by atoms with van der Waals surface area (Å²) < 4.78 is 33.4. The summed E-state index contributed by atoms with van der Waals surface area (Å²) in [5.41, 5.74) is 3.54. The number of carboxylic acids is 1. The number of alkyl carbamates (subject to hydrolysis) is 1. The smallest absolute Gasteiger partial charge is 0.407 e. The molecule has 0 spiro atoms. The molecular weight excluding hydrogens is 462 g/mol. The molecule has 2 amide bonds. The number of carboxylic acid groups (broad SMARTS) is 1. The summed E-state index contributed by atoms with van der Waals surface area (Å²) in [4.78, 5) is 35.9. The van der Waals surface area contributed by atoms with E-state index in [4.69, 9.17) is 4.74 Å². The summed E-state index contributed by atoms with van der Waals surface area (Å²) in [6, 6.07) is 13.5. The van der Waals surface area contributed by atoms with Gasteiger partial charge in [0.15, 0.2) is 5.69 Å². The lowest BCUT2D eigenvalue weighted by Gasteiger charge is -2.19. The van der Waals surface area contributed by atoms with Crippen LogP contribution in [0.1, 0.15) is 34.0 Å². The zero-order valence-corrected chi connectivity index (χ0v) is 18.6. The summed E-state index contributed by atoms with van der Waals surface area (Å²) >= 11 is 0. The number of carbonyl (C=O) groups is 3. The van der Waals surface area contributed by atoms with Gasteiger partial charge in [0.2, 0.25) is 5.91 Å². The van der Waals surface area contributed by atoms with Gasteiger partial charge in [0, 0.05) is 13.0 Å². The Hall–Kier alpha value is -4.28. The van der Waals surface area contributed by atoms with Crippen molar-refractivity contribution in [3.63, 3.8) is 0 Å². The standard InChI is InChI=1S/C24H22F2N4O5/c1-30-21(23(32)33)19(11-27-30)28-20(31)10-18(22(25)26)29-24(34)35-12-17-15-8-4-2-6-13(15)14-7-3-5-9-16(14)17/h2-9,11,17-18,22H,10,12H2,1H3,(H,28,31)(H,29,34)(H,32,33). The number of alkyl halides is 2. The van der Waals surface area contributed by atoms with E-state index in [-0.39, 0.29) is 23.9 Å². The lowest BCUT2D eigenvalue weighted by molar-refractivity contribution is -0.117. The number of amides is 2. The highest BCUT2D eigenvalue weighted by Gasteiger charge is 2.31. The number of aromatic nitrogens is 2. The quantitative estimate of drug-likeness (QED) is 0.449. The van der Waals surface area contributed by atoms with Gasteiger partial charge >= 0.3 is 12.1 Å². The van der Waals surface area contributed by atoms with Gasteiger partial charge in [-0.15, -0.1) is 0 Å². The normalized spacial score (nSPS) is 13.1. The van der Waals surface area contributed by atoms with Crippen molar-refractivity contribution in [3.05, 3.63) is 71.5 Å². The van der Waals surface area contributed by atoms with E-state index in [0.717, 1.165) is 33.1 Å². The topological polar surface area (TPSA) is 123 Å². The second-order valence-corrected chi connectivity index (χ2v) is 8.00. The predicted molar refractivity (Wildman–Crippen MR) is 121 cm³/mol. The maximum absolute atomic E-state index is 13.5. The molecule has 3 N–H and O–H groups in total. The average molecular weight is 484 g/mol. The van der Waals surface area contributed by atoms with E-state index in [1.54, 1.807) is 0 Å². The van der Waals surface area contributed by atoms with Crippen molar-refractivity contribution in [1.29, 1.82) is 0 Å². The number of fused-ring (bicyclic) bond motifs is 3. The molecule has 1 aliphatic carbocycles. The molecule has 0 saturated heterocycles. The number of ether oxygens (including phenoxy) is 1. The van der Waals surface area contributed by atoms with Gasteiger partial charge in [-0.1, -0.05) is 48.5 Å². The Morgan fingerprint density at radius 3 is 2.26 bits per heavy atom. The van der Waals surface area contributed by atoms with E-state index < -0.39 is 36.9 Å². The first-order valence-electron chi connectivity index (χ1n) is 10.7. The van der Waals surface area contributed by atoms with E-state index in [1.165, 1.54) is 7.05 Å². The number of benzene rings is 2. The third-order valence-electron chi connectivity index (χ3n) is 5.77. The Bertz CT molecular complexity index is 1230. The molecular formula is C24H22F2N4O5. The molecule has 1 aliphatic rings. The first-order chi connectivity index (χ1) is 16.8. The fourth-order valence-electron chi connectivity index (χ4n) is 4.18. The van der Waals surface area contributed by atoms with Gasteiger partial charge < -0.3 is 20.5 Å². The largest absolute Gasteiger partial charge is 0.476 e. The van der Waals surface area contributed by atoms with Crippen molar-refractivity contribution in [1.82, 2.24) is 15.1 Å². The fourth-order valence-corrected chi connectivity index (χ4v) is 4.18. The molecule has 11 heteroatoms. The van der Waals surface area contributed by atoms with Crippen molar-refractivity contribution in [3.8, 4) is 11.1 Å². The van der Waals surface area contributed by atoms with E-state index in [9.17, 15) is 28.3 Å². The Balaban J connectivity index is 1.38. The molecule has 2 aromatic carbocycles. The van der Waals surface area contributed by atoms with Crippen LogP contribution in [0, 0.1) is 0 Å². The highest BCUT2D eigenvalue weighted by Crippen LogP contribution is 2.44. The van der Waals surface area contributed by atoms with Gasteiger partial charge in [-0.2, -0.15) is 5.10 Å². The number of aromatic carboxylic acids is 1. The van der Waals surface area contributed by atoms with Crippen LogP contribution in [0.3, 0.4) is 0 Å². The van der Waals surface area contributed by atoms with Gasteiger partial charge in [-0.25, -0.2) is 18.4 Å². The Kier molecular flexibility index (Phi) is 6.76. The van der Waals surface area contributed by atoms with Crippen LogP contribution in [-0.2, 0) is 16.6 Å². The van der Waals surface area contributed by atoms with Crippen molar-refractivity contribution in [2.24, 2.45) is 7.05 Å². The number of hydrogen-bond acceptors (Lipinski definition) is 5. The molecule has 1 atom stereocenters. The SMILES string of the molecule is Cn1ncc(NC(=O)CC(NC(=O)OCC2c3ccccc3-c3ccccc32)C(F)F)c1C(=O)O. The summed E-state index contributed by atoms with van der Waals surface area (Å²) in [7, 11) is 1.36. The number of rotatable bonds is 8. The third-order valence-corrected chi connectivity index (χ3v) is 5.77. The summed E-state index contributed by atoms with van der Waals surface area (Å²) in [6.07, 6.45) is -3.85. The van der Waals surface area contributed by atoms with Gasteiger partial charge in [-0.05, 0) is 22.3 Å². The number of aryl methyl sites for hydroxylation is 1. The second kappa shape index (κ2) is 9.92. The maximum Gasteiger partial charge on any atom is 0.407 e. The fraction of sp³-hybridized carbons (Fsp3) is 0.250. The number of nitrogens with zero attached hydrogens (tertiary/aromatic N) is 2. The maximum atomic E-state index is 13.5. The monoisotopic (exact) mass is 484 g/mol. The molecule has 182 valence electrons. The van der Waals surface area contributed by atoms with Crippen molar-refractivity contribution in [2.75, 3.05) is 11.9 Å². The van der Waals surface area contributed by atoms with Crippen LogP contribution in [0.2, 0.25) is 0 Å². The predicted octanol–water partition coefficient (Wildman–Crippen LogP) is 3.62. The first kappa shape index (κ1) is 23.9. The minimum absolute atomic E-state index is 0.0698. The van der Waals surface area contributed by atoms with Crippen LogP contribution < -0.4 is 10.6 Å². The minimum Gasteiger partial charge on any atom is -0.476 e. The molecule has 4 rings (SSSR count). The third kappa shape index (κ3) is 4.98. The Morgan fingerprint density at radius 1 is 1.09 bits per heavy atom. The molecule has 0 radical (unpaired) electrons. The van der Waals surface area contributed by atoms with Crippen LogP contribution in [0.5, 0.6) is 0 Å². The lowest BCUT2D eigenvalue weighted by atomic mass is 9.98. The molecule has 9 nitrogen and oxygen atoms in total. The van der Waals surface area contributed by atoms with E-state index >= 15 is 0 Å². The number of nitrogens with one attached hydrogen (secondary N) is 2. The van der Waals surface area contributed by atoms with Gasteiger partial charge in [0.1, 0.15) is 12.6 Å². The lowest BCUT2D eigenvalue weighted by Crippen LogP contribution is -2.43. The number of carbonyl (C=O) groups excluding carboxylic acids is 2. The first-order valence-corrected chi connectivity index (χ1v) is 10.7. The molecule has 0 saturated carbocycles. The highest BCUT2D eigenvalue weighted by molar-refractivity contribution is 5.99. The summed E-state index contributed by atoms with van der Waals surface area (Å²) in [5, 5.41) is 17.2. The number of hydrogen-bond donors (Lipinski definition) is 3. The van der Waals surface area contributed by atoms with Crippen molar-refractivity contribution >= 4 is 23.7 Å². The second-order valence-electron chi connectivity index (χ2n) is 8.00. The molecule has 0 bridgehead atoms. The molecule has 1 unspecified atom stereocenters. The molecule has 3 aromatic rings. The molecule has 1 aromatic heterocycles. The highest BCUT2D eigenvalue weighted by atomic mass is 19.3. The Labute approximate surface area is 198 Å². The van der Waals surface area contributed by atoms with Gasteiger partial charge in [-0.3, -0.25) is 9.48 Å². The van der Waals surface area contributed by atoms with Crippen LogP contribution in [0.15, 0.2) is 54.7 Å². The number of anilines is 1. The van der Waals surface area contributed by atoms with Crippen LogP contribution in [-0.4, -0.2) is 51.9 Å². The Morgan fingerprint density at radius 2 is 1.69 bits per heavy atom. The minimum atomic E-state index is -3.06. The molecule has 0 aliphatic heterocycles. The van der Waals surface area contributed by atoms with Crippen molar-refractivity contribution in [2.45, 2.75) is 24.8 Å². The van der Waals surface area contributed by atoms with E-state index in [2.05, 4.69) is 10.4 Å². The van der Waals surface area contributed by atoms with Crippen LogP contribution >= 0.6 is 0 Å². The summed E-state index contributed by atoms with van der Waals surface area (Å²) in [6.45, 7) is -0.0698. The van der Waals surface area contributed by atoms with Crippen LogP contribution in [0.25, 0.3) is 11.1 Å². The van der Waals surface area contributed by atoms with Crippen molar-refractivity contribution < 1.29 is 33.0 Å². The number of halogens is 2. The molecule has 0 fully saturated rings. The molecule has 35 heavy (non-hydrogen) atoms. The van der Waals surface area contributed by atoms with Crippen LogP contribution in [0.4, 0.5) is 19.3 Å². The van der Waals surface area contributed by atoms with E-state index in [1.807, 2.05) is 53.8 Å². The zero-order valence-electron chi connectivity index (χ0n) is 18.6. The van der Waals surface area contributed by atoms with Gasteiger partial charge in [0.25, 0.3) is 6.43 Å². The van der Waals surface area contributed by atoms with E-state index in [0.29, 0.717) is 0 Å². The zero-order chi connectivity index (χ0) is 25.1.